The molecule has 1 unspecified atom stereocenters. The third-order valence-electron chi connectivity index (χ3n) is 7.71. The van der Waals surface area contributed by atoms with Crippen LogP contribution in [0.25, 0.3) is 11.3 Å². The van der Waals surface area contributed by atoms with E-state index in [1.165, 1.54) is 28.8 Å². The molecule has 0 amide bonds. The Hall–Kier alpha value is -4.13. The average Bonchev–Trinajstić information content (AvgIpc) is 3.38. The highest BCUT2D eigenvalue weighted by molar-refractivity contribution is 5.61. The van der Waals surface area contributed by atoms with Gasteiger partial charge in [0.05, 0.1) is 29.7 Å². The summed E-state index contributed by atoms with van der Waals surface area (Å²) in [6, 6.07) is 30.0. The summed E-state index contributed by atoms with van der Waals surface area (Å²) in [6.07, 6.45) is 7.15. The van der Waals surface area contributed by atoms with Crippen LogP contribution < -0.4 is 5.32 Å². The van der Waals surface area contributed by atoms with Crippen molar-refractivity contribution in [3.63, 3.8) is 0 Å². The highest BCUT2D eigenvalue weighted by Gasteiger charge is 2.28. The van der Waals surface area contributed by atoms with Crippen LogP contribution in [0.15, 0.2) is 97.3 Å². The fraction of sp³-hybridized carbons (Fsp3) is 0.265. The van der Waals surface area contributed by atoms with Crippen LogP contribution in [0.4, 0.5) is 0 Å². The smallest absolute Gasteiger partial charge is 0.121 e. The Labute approximate surface area is 236 Å². The molecule has 3 aromatic heterocycles. The molecule has 6 nitrogen and oxygen atoms in total. The van der Waals surface area contributed by atoms with Gasteiger partial charge in [-0.1, -0.05) is 66.7 Å². The summed E-state index contributed by atoms with van der Waals surface area (Å²) < 4.78 is 0. The molecule has 202 valence electrons. The van der Waals surface area contributed by atoms with Crippen molar-refractivity contribution in [3.8, 4) is 11.3 Å². The fourth-order valence-corrected chi connectivity index (χ4v) is 5.72. The number of aromatic amines is 1. The first-order chi connectivity index (χ1) is 19.7. The van der Waals surface area contributed by atoms with Crippen LogP contribution in [-0.4, -0.2) is 24.8 Å². The second kappa shape index (κ2) is 12.4. The normalized spacial score (nSPS) is 14.8. The Kier molecular flexibility index (Phi) is 8.07. The van der Waals surface area contributed by atoms with Crippen molar-refractivity contribution in [1.29, 1.82) is 0 Å². The lowest BCUT2D eigenvalue weighted by atomic mass is 9.90. The predicted molar refractivity (Wildman–Crippen MR) is 159 cm³/mol. The minimum Gasteiger partial charge on any atom is -0.344 e. The molecule has 40 heavy (non-hydrogen) atoms. The highest BCUT2D eigenvalue weighted by Crippen LogP contribution is 2.35. The zero-order valence-corrected chi connectivity index (χ0v) is 23.1. The first-order valence-corrected chi connectivity index (χ1v) is 14.2. The van der Waals surface area contributed by atoms with Gasteiger partial charge in [0, 0.05) is 43.3 Å². The van der Waals surface area contributed by atoms with Crippen LogP contribution in [0.3, 0.4) is 0 Å². The van der Waals surface area contributed by atoms with E-state index in [9.17, 15) is 0 Å². The van der Waals surface area contributed by atoms with Crippen LogP contribution in [0.5, 0.6) is 0 Å². The lowest BCUT2D eigenvalue weighted by molar-refractivity contribution is 0.153. The number of benzene rings is 2. The molecule has 0 fully saturated rings. The minimum absolute atomic E-state index is 0.259. The molecule has 0 saturated carbocycles. The van der Waals surface area contributed by atoms with Crippen molar-refractivity contribution in [3.05, 3.63) is 137 Å². The summed E-state index contributed by atoms with van der Waals surface area (Å²) in [5, 5.41) is 3.50. The molecule has 3 heterocycles. The summed E-state index contributed by atoms with van der Waals surface area (Å²) in [5.41, 5.74) is 9.49. The standard InChI is InChI=1S/C34H36N6/c1-25-33(28-9-3-2-4-10-28)39-32(38-25)24-40(31-14-7-11-29-12-8-20-37-34(29)31)23-27-17-15-26(16-18-27)21-35-22-30-13-5-6-19-36-30/h2-6,8-10,12-13,15-20,31,35H,7,11,14,21-24H2,1H3,(H,38,39). The zero-order valence-electron chi connectivity index (χ0n) is 23.1. The molecule has 0 radical (unpaired) electrons. The molecule has 6 rings (SSSR count). The number of hydrogen-bond donors (Lipinski definition) is 2. The van der Waals surface area contributed by atoms with Gasteiger partial charge in [-0.25, -0.2) is 4.98 Å². The Morgan fingerprint density at radius 1 is 0.825 bits per heavy atom. The van der Waals surface area contributed by atoms with Crippen LogP contribution in [-0.2, 0) is 32.6 Å². The maximum absolute atomic E-state index is 5.05. The van der Waals surface area contributed by atoms with E-state index in [0.29, 0.717) is 0 Å². The maximum atomic E-state index is 5.05. The predicted octanol–water partition coefficient (Wildman–Crippen LogP) is 6.54. The van der Waals surface area contributed by atoms with Crippen molar-refractivity contribution in [1.82, 2.24) is 30.2 Å². The molecule has 1 aliphatic rings. The topological polar surface area (TPSA) is 69.7 Å². The van der Waals surface area contributed by atoms with Gasteiger partial charge in [0.15, 0.2) is 0 Å². The van der Waals surface area contributed by atoms with Gasteiger partial charge in [-0.3, -0.25) is 14.9 Å². The second-order valence-electron chi connectivity index (χ2n) is 10.6. The van der Waals surface area contributed by atoms with Gasteiger partial charge < -0.3 is 10.3 Å². The van der Waals surface area contributed by atoms with E-state index < -0.39 is 0 Å². The van der Waals surface area contributed by atoms with Crippen LogP contribution >= 0.6 is 0 Å². The third-order valence-corrected chi connectivity index (χ3v) is 7.71. The number of pyridine rings is 2. The third kappa shape index (κ3) is 6.19. The molecule has 6 heteroatoms. The van der Waals surface area contributed by atoms with E-state index in [-0.39, 0.29) is 6.04 Å². The van der Waals surface area contributed by atoms with E-state index in [2.05, 4.69) is 87.8 Å². The number of rotatable bonds is 10. The largest absolute Gasteiger partial charge is 0.344 e. The number of hydrogen-bond acceptors (Lipinski definition) is 5. The molecule has 1 atom stereocenters. The Balaban J connectivity index is 1.20. The highest BCUT2D eigenvalue weighted by atomic mass is 15.2. The monoisotopic (exact) mass is 528 g/mol. The number of imidazole rings is 1. The first-order valence-electron chi connectivity index (χ1n) is 14.2. The number of H-pyrrole nitrogens is 1. The van der Waals surface area contributed by atoms with E-state index in [1.54, 1.807) is 0 Å². The maximum Gasteiger partial charge on any atom is 0.121 e. The first kappa shape index (κ1) is 26.1. The van der Waals surface area contributed by atoms with Crippen LogP contribution in [0.1, 0.15) is 58.5 Å². The van der Waals surface area contributed by atoms with E-state index in [1.807, 2.05) is 36.7 Å². The van der Waals surface area contributed by atoms with Gasteiger partial charge in [-0.2, -0.15) is 0 Å². The molecular formula is C34H36N6. The number of nitrogens with zero attached hydrogens (tertiary/aromatic N) is 4. The van der Waals surface area contributed by atoms with Crippen molar-refractivity contribution >= 4 is 0 Å². The quantitative estimate of drug-likeness (QED) is 0.215. The number of aryl methyl sites for hydroxylation is 2. The van der Waals surface area contributed by atoms with Gasteiger partial charge in [0.25, 0.3) is 0 Å². The fourth-order valence-electron chi connectivity index (χ4n) is 5.72. The Morgan fingerprint density at radius 3 is 2.45 bits per heavy atom. The van der Waals surface area contributed by atoms with Gasteiger partial charge in [-0.05, 0) is 61.1 Å². The summed E-state index contributed by atoms with van der Waals surface area (Å²) in [7, 11) is 0. The average molecular weight is 529 g/mol. The molecular weight excluding hydrogens is 492 g/mol. The van der Waals surface area contributed by atoms with Crippen molar-refractivity contribution in [2.24, 2.45) is 0 Å². The second-order valence-corrected chi connectivity index (χ2v) is 10.6. The van der Waals surface area contributed by atoms with Crippen LogP contribution in [0, 0.1) is 6.92 Å². The summed E-state index contributed by atoms with van der Waals surface area (Å²) in [4.78, 5) is 20.4. The van der Waals surface area contributed by atoms with Crippen molar-refractivity contribution < 1.29 is 0 Å². The summed E-state index contributed by atoms with van der Waals surface area (Å²) in [6.45, 7) is 5.26. The van der Waals surface area contributed by atoms with Gasteiger partial charge in [0.1, 0.15) is 5.82 Å². The number of fused-ring (bicyclic) bond motifs is 1. The van der Waals surface area contributed by atoms with Crippen LogP contribution in [0.2, 0.25) is 0 Å². The van der Waals surface area contributed by atoms with Gasteiger partial charge in [0.2, 0.25) is 0 Å². The molecule has 0 bridgehead atoms. The Morgan fingerprint density at radius 2 is 1.62 bits per heavy atom. The number of nitrogens with one attached hydrogen (secondary N) is 2. The lowest BCUT2D eigenvalue weighted by Gasteiger charge is -2.34. The van der Waals surface area contributed by atoms with Gasteiger partial charge >= 0.3 is 0 Å². The van der Waals surface area contributed by atoms with E-state index >= 15 is 0 Å². The molecule has 0 aliphatic heterocycles. The molecule has 0 spiro atoms. The van der Waals surface area contributed by atoms with Gasteiger partial charge in [-0.15, -0.1) is 0 Å². The minimum atomic E-state index is 0.259. The molecule has 5 aromatic rings. The summed E-state index contributed by atoms with van der Waals surface area (Å²) in [5.74, 6) is 0.995. The molecule has 1 aliphatic carbocycles. The van der Waals surface area contributed by atoms with Crippen molar-refractivity contribution in [2.75, 3.05) is 0 Å². The van der Waals surface area contributed by atoms with Crippen molar-refractivity contribution in [2.45, 2.75) is 58.4 Å². The number of aromatic nitrogens is 4. The SMILES string of the molecule is Cc1[nH]c(CN(Cc2ccc(CNCc3ccccn3)cc2)C2CCCc3cccnc32)nc1-c1ccccc1. The molecule has 2 N–H and O–H groups in total. The molecule has 2 aromatic carbocycles. The molecule has 0 saturated heterocycles. The summed E-state index contributed by atoms with van der Waals surface area (Å²) >= 11 is 0. The lowest BCUT2D eigenvalue weighted by Crippen LogP contribution is -2.31. The van der Waals surface area contributed by atoms with E-state index in [4.69, 9.17) is 9.97 Å². The zero-order chi connectivity index (χ0) is 27.1. The van der Waals surface area contributed by atoms with E-state index in [0.717, 1.165) is 67.5 Å². The Bertz CT molecular complexity index is 1510.